The molecule has 1 unspecified atom stereocenters. The predicted molar refractivity (Wildman–Crippen MR) is 106 cm³/mol. The molecule has 0 bridgehead atoms. The molecule has 1 atom stereocenters. The number of pyridine rings is 1. The predicted octanol–water partition coefficient (Wildman–Crippen LogP) is 4.41. The summed E-state index contributed by atoms with van der Waals surface area (Å²) >= 11 is 6.12. The van der Waals surface area contributed by atoms with Crippen molar-refractivity contribution < 1.29 is 28.3 Å². The van der Waals surface area contributed by atoms with Crippen LogP contribution in [0.15, 0.2) is 24.5 Å². The molecule has 3 aromatic rings. The van der Waals surface area contributed by atoms with E-state index in [1.165, 1.54) is 16.9 Å². The molecule has 0 N–H and O–H groups in total. The Balaban J connectivity index is 1.84. The molecule has 2 aromatic heterocycles. The van der Waals surface area contributed by atoms with Gasteiger partial charge in [-0.05, 0) is 25.3 Å². The first kappa shape index (κ1) is 20.9. The molecular formula is C19H16ClFN4O6. The minimum absolute atomic E-state index is 0.212. The molecular weight excluding hydrogens is 435 g/mol. The SMILES string of the molecule is COC(=O)c1ccnc(Oc2c(Cl)c(F)cc3c2cnn3C2CCCCO2)c1[N+](=O)[O-]. The Morgan fingerprint density at radius 2 is 2.26 bits per heavy atom. The van der Waals surface area contributed by atoms with E-state index in [0.717, 1.165) is 32.2 Å². The van der Waals surface area contributed by atoms with Gasteiger partial charge in [0, 0.05) is 18.9 Å². The van der Waals surface area contributed by atoms with E-state index in [1.54, 1.807) is 0 Å². The van der Waals surface area contributed by atoms with Gasteiger partial charge in [-0.15, -0.1) is 0 Å². The van der Waals surface area contributed by atoms with E-state index in [9.17, 15) is 19.3 Å². The van der Waals surface area contributed by atoms with E-state index in [4.69, 9.17) is 21.1 Å². The molecule has 1 aliphatic rings. The number of halogens is 2. The summed E-state index contributed by atoms with van der Waals surface area (Å²) in [5.41, 5.74) is -0.756. The fraction of sp³-hybridized carbons (Fsp3) is 0.316. The van der Waals surface area contributed by atoms with Crippen LogP contribution in [-0.2, 0) is 9.47 Å². The van der Waals surface area contributed by atoms with Gasteiger partial charge in [0.1, 0.15) is 16.4 Å². The summed E-state index contributed by atoms with van der Waals surface area (Å²) in [6.07, 6.45) is 4.72. The highest BCUT2D eigenvalue weighted by Crippen LogP contribution is 2.42. The number of nitro groups is 1. The van der Waals surface area contributed by atoms with Crippen LogP contribution in [0.3, 0.4) is 0 Å². The summed E-state index contributed by atoms with van der Waals surface area (Å²) in [4.78, 5) is 26.6. The Bertz CT molecular complexity index is 1180. The zero-order chi connectivity index (χ0) is 22.1. The number of esters is 1. The molecule has 0 spiro atoms. The molecule has 1 aromatic carbocycles. The summed E-state index contributed by atoms with van der Waals surface area (Å²) in [6.45, 7) is 0.557. The van der Waals surface area contributed by atoms with Gasteiger partial charge in [-0.25, -0.2) is 18.9 Å². The second-order valence-corrected chi connectivity index (χ2v) is 7.09. The average molecular weight is 451 g/mol. The molecule has 1 saturated heterocycles. The van der Waals surface area contributed by atoms with Crippen LogP contribution in [0, 0.1) is 15.9 Å². The van der Waals surface area contributed by atoms with E-state index in [2.05, 4.69) is 14.8 Å². The van der Waals surface area contributed by atoms with E-state index in [1.807, 2.05) is 0 Å². The van der Waals surface area contributed by atoms with Crippen molar-refractivity contribution >= 4 is 34.2 Å². The summed E-state index contributed by atoms with van der Waals surface area (Å²) in [6, 6.07) is 2.32. The fourth-order valence-corrected chi connectivity index (χ4v) is 3.60. The molecule has 0 amide bonds. The third-order valence-corrected chi connectivity index (χ3v) is 5.21. The normalized spacial score (nSPS) is 16.3. The smallest absolute Gasteiger partial charge is 0.345 e. The van der Waals surface area contributed by atoms with Crippen molar-refractivity contribution in [3.05, 3.63) is 51.0 Å². The van der Waals surface area contributed by atoms with Crippen LogP contribution in [0.4, 0.5) is 10.1 Å². The lowest BCUT2D eigenvalue weighted by atomic mass is 10.2. The highest BCUT2D eigenvalue weighted by Gasteiger charge is 2.30. The van der Waals surface area contributed by atoms with Crippen molar-refractivity contribution in [1.82, 2.24) is 14.8 Å². The van der Waals surface area contributed by atoms with Crippen LogP contribution < -0.4 is 4.74 Å². The van der Waals surface area contributed by atoms with Crippen LogP contribution in [0.5, 0.6) is 11.6 Å². The molecule has 12 heteroatoms. The molecule has 10 nitrogen and oxygen atoms in total. The zero-order valence-electron chi connectivity index (χ0n) is 16.2. The van der Waals surface area contributed by atoms with Gasteiger partial charge in [-0.2, -0.15) is 5.10 Å². The van der Waals surface area contributed by atoms with Crippen LogP contribution in [0.1, 0.15) is 35.8 Å². The van der Waals surface area contributed by atoms with Crippen molar-refractivity contribution in [2.45, 2.75) is 25.5 Å². The van der Waals surface area contributed by atoms with Gasteiger partial charge in [0.05, 0.1) is 29.1 Å². The largest absolute Gasteiger partial charge is 0.465 e. The maximum absolute atomic E-state index is 14.6. The monoisotopic (exact) mass is 450 g/mol. The van der Waals surface area contributed by atoms with E-state index in [0.29, 0.717) is 23.9 Å². The quantitative estimate of drug-likeness (QED) is 0.318. The Labute approximate surface area is 179 Å². The van der Waals surface area contributed by atoms with Crippen LogP contribution in [-0.4, -0.2) is 39.4 Å². The summed E-state index contributed by atoms with van der Waals surface area (Å²) in [5, 5.41) is 15.8. The number of fused-ring (bicyclic) bond motifs is 1. The Kier molecular flexibility index (Phi) is 5.70. The average Bonchev–Trinajstić information content (AvgIpc) is 3.19. The number of rotatable bonds is 5. The number of hydrogen-bond acceptors (Lipinski definition) is 8. The second kappa shape index (κ2) is 8.44. The number of ether oxygens (including phenoxy) is 3. The number of methoxy groups -OCH3 is 1. The van der Waals surface area contributed by atoms with Gasteiger partial charge < -0.3 is 14.2 Å². The van der Waals surface area contributed by atoms with Crippen molar-refractivity contribution in [2.75, 3.05) is 13.7 Å². The van der Waals surface area contributed by atoms with Gasteiger partial charge in [0.2, 0.25) is 0 Å². The molecule has 31 heavy (non-hydrogen) atoms. The first-order chi connectivity index (χ1) is 14.9. The van der Waals surface area contributed by atoms with E-state index < -0.39 is 33.3 Å². The zero-order valence-corrected chi connectivity index (χ0v) is 17.0. The van der Waals surface area contributed by atoms with Crippen LogP contribution in [0.25, 0.3) is 10.9 Å². The van der Waals surface area contributed by atoms with Crippen molar-refractivity contribution in [1.29, 1.82) is 0 Å². The van der Waals surface area contributed by atoms with Crippen molar-refractivity contribution in [2.24, 2.45) is 0 Å². The third-order valence-electron chi connectivity index (χ3n) is 4.86. The molecule has 0 saturated carbocycles. The Morgan fingerprint density at radius 1 is 1.45 bits per heavy atom. The van der Waals surface area contributed by atoms with Crippen LogP contribution >= 0.6 is 11.6 Å². The van der Waals surface area contributed by atoms with Gasteiger partial charge in [-0.1, -0.05) is 11.6 Å². The second-order valence-electron chi connectivity index (χ2n) is 6.71. The molecule has 162 valence electrons. The van der Waals surface area contributed by atoms with Gasteiger partial charge >= 0.3 is 17.5 Å². The number of carbonyl (C=O) groups is 1. The van der Waals surface area contributed by atoms with Gasteiger partial charge in [0.25, 0.3) is 0 Å². The third kappa shape index (κ3) is 3.77. The molecule has 0 radical (unpaired) electrons. The molecule has 1 fully saturated rings. The number of benzene rings is 1. The molecule has 3 heterocycles. The first-order valence-electron chi connectivity index (χ1n) is 9.28. The lowest BCUT2D eigenvalue weighted by molar-refractivity contribution is -0.386. The molecule has 0 aliphatic carbocycles. The maximum Gasteiger partial charge on any atom is 0.345 e. The highest BCUT2D eigenvalue weighted by molar-refractivity contribution is 6.33. The first-order valence-corrected chi connectivity index (χ1v) is 9.66. The lowest BCUT2D eigenvalue weighted by Gasteiger charge is -2.23. The van der Waals surface area contributed by atoms with Gasteiger partial charge in [-0.3, -0.25) is 10.1 Å². The van der Waals surface area contributed by atoms with E-state index >= 15 is 0 Å². The van der Waals surface area contributed by atoms with Crippen molar-refractivity contribution in [3.63, 3.8) is 0 Å². The highest BCUT2D eigenvalue weighted by atomic mass is 35.5. The Morgan fingerprint density at radius 3 is 2.94 bits per heavy atom. The fourth-order valence-electron chi connectivity index (χ4n) is 3.40. The maximum atomic E-state index is 14.6. The molecule has 1 aliphatic heterocycles. The number of hydrogen-bond donors (Lipinski definition) is 0. The minimum atomic E-state index is -0.947. The molecule has 4 rings (SSSR count). The Hall–Kier alpha value is -3.31. The number of aromatic nitrogens is 3. The number of carbonyl (C=O) groups excluding carboxylic acids is 1. The van der Waals surface area contributed by atoms with Gasteiger partial charge in [0.15, 0.2) is 12.0 Å². The van der Waals surface area contributed by atoms with E-state index in [-0.39, 0.29) is 17.5 Å². The summed E-state index contributed by atoms with van der Waals surface area (Å²) in [7, 11) is 1.09. The standard InChI is InChI=1S/C19H16ClFN4O6/c1-29-19(26)10-5-6-22-18(16(10)25(27)28)31-17-11-9-23-24(14-4-2-3-7-30-14)13(11)8-12(21)15(17)20/h5-6,8-9,14H,2-4,7H2,1H3. The number of nitrogens with zero attached hydrogens (tertiary/aromatic N) is 4. The van der Waals surface area contributed by atoms with Crippen molar-refractivity contribution in [3.8, 4) is 11.6 Å². The minimum Gasteiger partial charge on any atom is -0.465 e. The topological polar surface area (TPSA) is 119 Å². The van der Waals surface area contributed by atoms with Crippen LogP contribution in [0.2, 0.25) is 5.02 Å². The lowest BCUT2D eigenvalue weighted by Crippen LogP contribution is -2.19. The summed E-state index contributed by atoms with van der Waals surface area (Å²) < 4.78 is 32.1. The summed E-state index contributed by atoms with van der Waals surface area (Å²) in [5.74, 6) is -2.51.